The zero-order valence-electron chi connectivity index (χ0n) is 14.9. The van der Waals surface area contributed by atoms with Crippen LogP contribution in [0.2, 0.25) is 0 Å². The lowest BCUT2D eigenvalue weighted by Gasteiger charge is -2.23. The van der Waals surface area contributed by atoms with Gasteiger partial charge in [-0.3, -0.25) is 4.79 Å². The minimum atomic E-state index is -4.25. The molecule has 0 unspecified atom stereocenters. The quantitative estimate of drug-likeness (QED) is 0.794. The molecule has 3 nitrogen and oxygen atoms in total. The summed E-state index contributed by atoms with van der Waals surface area (Å²) >= 11 is 0. The average Bonchev–Trinajstić information content (AvgIpc) is 2.87. The second-order valence-electron chi connectivity index (χ2n) is 6.18. The van der Waals surface area contributed by atoms with E-state index in [-0.39, 0.29) is 11.8 Å². The van der Waals surface area contributed by atoms with E-state index in [0.29, 0.717) is 24.1 Å². The van der Waals surface area contributed by atoms with Crippen molar-refractivity contribution in [2.24, 2.45) is 0 Å². The first-order valence-corrected chi connectivity index (χ1v) is 8.77. The van der Waals surface area contributed by atoms with Gasteiger partial charge in [-0.1, -0.05) is 19.9 Å². The number of nitrogens with zero attached hydrogens (tertiary/aromatic N) is 1. The number of alkyl halides is 3. The van der Waals surface area contributed by atoms with Gasteiger partial charge >= 0.3 is 6.18 Å². The molecule has 1 heterocycles. The van der Waals surface area contributed by atoms with Crippen LogP contribution >= 0.6 is 0 Å². The van der Waals surface area contributed by atoms with Crippen molar-refractivity contribution in [3.05, 3.63) is 30.0 Å². The molecule has 1 saturated carbocycles. The average molecular weight is 354 g/mol. The van der Waals surface area contributed by atoms with Crippen LogP contribution in [0.5, 0.6) is 0 Å². The molecule has 0 bridgehead atoms. The second-order valence-corrected chi connectivity index (χ2v) is 6.18. The number of benzene rings is 1. The summed E-state index contributed by atoms with van der Waals surface area (Å²) in [6.07, 6.45) is -1.55. The van der Waals surface area contributed by atoms with Crippen molar-refractivity contribution in [3.8, 4) is 0 Å². The molecule has 1 fully saturated rings. The topological polar surface area (TPSA) is 34.0 Å². The van der Waals surface area contributed by atoms with Crippen molar-refractivity contribution >= 4 is 22.4 Å². The van der Waals surface area contributed by atoms with Crippen molar-refractivity contribution in [2.75, 3.05) is 5.32 Å². The van der Waals surface area contributed by atoms with E-state index in [4.69, 9.17) is 0 Å². The Balaban J connectivity index is 0.00000109. The van der Waals surface area contributed by atoms with Gasteiger partial charge in [0.05, 0.1) is 5.52 Å². The van der Waals surface area contributed by atoms with Crippen LogP contribution in [0.3, 0.4) is 0 Å². The number of hydrogen-bond acceptors (Lipinski definition) is 2. The van der Waals surface area contributed by atoms with Gasteiger partial charge in [-0.05, 0) is 38.0 Å². The Morgan fingerprint density at radius 1 is 1.20 bits per heavy atom. The molecule has 3 rings (SSSR count). The zero-order valence-corrected chi connectivity index (χ0v) is 14.9. The van der Waals surface area contributed by atoms with Crippen LogP contribution < -0.4 is 5.32 Å². The molecule has 1 aliphatic rings. The fourth-order valence-electron chi connectivity index (χ4n) is 3.24. The van der Waals surface area contributed by atoms with E-state index in [1.807, 2.05) is 19.9 Å². The number of carbonyl (C=O) groups excluding carboxylic acids is 1. The summed E-state index contributed by atoms with van der Waals surface area (Å²) in [5, 5.41) is 4.20. The normalized spacial score (nSPS) is 15.8. The summed E-state index contributed by atoms with van der Waals surface area (Å²) in [5.74, 6) is 0.286. The fourth-order valence-corrected chi connectivity index (χ4v) is 3.24. The Morgan fingerprint density at radius 2 is 1.84 bits per heavy atom. The number of hydrogen-bond donors (Lipinski definition) is 1. The molecule has 2 aromatic rings. The molecule has 6 heteroatoms. The number of nitrogens with one attached hydrogen (secondary N) is 1. The molecule has 0 saturated heterocycles. The molecule has 138 valence electrons. The highest BCUT2D eigenvalue weighted by Crippen LogP contribution is 2.31. The first-order chi connectivity index (χ1) is 11.8. The number of carbonyl (C=O) groups is 1. The molecule has 25 heavy (non-hydrogen) atoms. The number of Topliss-reactive ketones (excluding diaryl/α,β-unsaturated/α-hetero) is 1. The Labute approximate surface area is 146 Å². The molecule has 1 aromatic heterocycles. The van der Waals surface area contributed by atoms with Gasteiger partial charge in [-0.25, -0.2) is 0 Å². The summed E-state index contributed by atoms with van der Waals surface area (Å²) in [5.41, 5.74) is 2.01. The Morgan fingerprint density at radius 3 is 2.44 bits per heavy atom. The van der Waals surface area contributed by atoms with E-state index >= 15 is 0 Å². The largest absolute Gasteiger partial charge is 0.406 e. The van der Waals surface area contributed by atoms with Crippen LogP contribution in [0.4, 0.5) is 18.9 Å². The first-order valence-electron chi connectivity index (χ1n) is 8.77. The molecule has 0 aliphatic heterocycles. The Bertz CT molecular complexity index is 724. The lowest BCUT2D eigenvalue weighted by atomic mass is 9.94. The maximum absolute atomic E-state index is 12.8. The highest BCUT2D eigenvalue weighted by atomic mass is 19.4. The lowest BCUT2D eigenvalue weighted by molar-refractivity contribution is -0.140. The minimum absolute atomic E-state index is 0.199. The fraction of sp³-hybridized carbons (Fsp3) is 0.526. The van der Waals surface area contributed by atoms with Crippen molar-refractivity contribution in [1.82, 2.24) is 4.57 Å². The standard InChI is InChI=1S/C17H19F3N2O.C2H6/c1-11-9-14-15(21-12-5-7-13(23)8-6-12)3-2-4-16(14)22(11)10-17(18,19)20;1-2/h2-4,9,12,21H,5-8,10H2,1H3;1-2H3. The second kappa shape index (κ2) is 7.93. The van der Waals surface area contributed by atoms with Crippen molar-refractivity contribution in [3.63, 3.8) is 0 Å². The molecular formula is C19H25F3N2O. The van der Waals surface area contributed by atoms with E-state index in [9.17, 15) is 18.0 Å². The predicted octanol–water partition coefficient (Wildman–Crippen LogP) is 5.46. The molecule has 0 atom stereocenters. The summed E-state index contributed by atoms with van der Waals surface area (Å²) < 4.78 is 39.6. The van der Waals surface area contributed by atoms with E-state index in [1.165, 1.54) is 4.57 Å². The monoisotopic (exact) mass is 354 g/mol. The third-order valence-corrected chi connectivity index (χ3v) is 4.39. The van der Waals surface area contributed by atoms with Gasteiger partial charge in [0, 0.05) is 35.7 Å². The van der Waals surface area contributed by atoms with Crippen LogP contribution in [-0.4, -0.2) is 22.6 Å². The van der Waals surface area contributed by atoms with Crippen molar-refractivity contribution in [2.45, 2.75) is 65.2 Å². The van der Waals surface area contributed by atoms with Crippen LogP contribution in [0.15, 0.2) is 24.3 Å². The summed E-state index contributed by atoms with van der Waals surface area (Å²) in [4.78, 5) is 11.3. The number of ketones is 1. The molecule has 1 aromatic carbocycles. The lowest BCUT2D eigenvalue weighted by Crippen LogP contribution is -2.26. The van der Waals surface area contributed by atoms with Crippen LogP contribution in [0, 0.1) is 6.92 Å². The van der Waals surface area contributed by atoms with Crippen molar-refractivity contribution < 1.29 is 18.0 Å². The van der Waals surface area contributed by atoms with Crippen LogP contribution in [0.1, 0.15) is 45.2 Å². The zero-order chi connectivity index (χ0) is 18.6. The minimum Gasteiger partial charge on any atom is -0.382 e. The smallest absolute Gasteiger partial charge is 0.382 e. The van der Waals surface area contributed by atoms with Gasteiger partial charge in [-0.15, -0.1) is 0 Å². The van der Waals surface area contributed by atoms with Gasteiger partial charge in [0.2, 0.25) is 0 Å². The summed E-state index contributed by atoms with van der Waals surface area (Å²) in [7, 11) is 0. The highest BCUT2D eigenvalue weighted by Gasteiger charge is 2.29. The highest BCUT2D eigenvalue weighted by molar-refractivity contribution is 5.93. The van der Waals surface area contributed by atoms with E-state index in [0.717, 1.165) is 23.9 Å². The summed E-state index contributed by atoms with van der Waals surface area (Å²) in [6, 6.07) is 7.35. The Hall–Kier alpha value is -1.98. The van der Waals surface area contributed by atoms with Crippen LogP contribution in [0.25, 0.3) is 10.9 Å². The van der Waals surface area contributed by atoms with Gasteiger partial charge in [0.1, 0.15) is 12.3 Å². The maximum Gasteiger partial charge on any atom is 0.406 e. The summed E-state index contributed by atoms with van der Waals surface area (Å²) in [6.45, 7) is 4.71. The number of halogens is 3. The molecule has 0 radical (unpaired) electrons. The van der Waals surface area contributed by atoms with Gasteiger partial charge in [0.15, 0.2) is 0 Å². The number of rotatable bonds is 3. The third-order valence-electron chi connectivity index (χ3n) is 4.39. The SMILES string of the molecule is CC.Cc1cc2c(NC3CCC(=O)CC3)cccc2n1CC(F)(F)F. The van der Waals surface area contributed by atoms with E-state index < -0.39 is 12.7 Å². The molecular weight excluding hydrogens is 329 g/mol. The van der Waals surface area contributed by atoms with Crippen molar-refractivity contribution in [1.29, 1.82) is 0 Å². The first kappa shape index (κ1) is 19.3. The predicted molar refractivity (Wildman–Crippen MR) is 95.0 cm³/mol. The number of anilines is 1. The van der Waals surface area contributed by atoms with E-state index in [2.05, 4.69) is 5.32 Å². The molecule has 0 spiro atoms. The molecule has 1 N–H and O–H groups in total. The Kier molecular flexibility index (Phi) is 6.14. The third kappa shape index (κ3) is 4.77. The number of fused-ring (bicyclic) bond motifs is 1. The number of aromatic nitrogens is 1. The molecule has 1 aliphatic carbocycles. The molecule has 0 amide bonds. The van der Waals surface area contributed by atoms with Gasteiger partial charge in [0.25, 0.3) is 0 Å². The number of aryl methyl sites for hydroxylation is 1. The van der Waals surface area contributed by atoms with Crippen LogP contribution in [-0.2, 0) is 11.3 Å². The van der Waals surface area contributed by atoms with Gasteiger partial charge in [-0.2, -0.15) is 13.2 Å². The van der Waals surface area contributed by atoms with E-state index in [1.54, 1.807) is 25.1 Å². The van der Waals surface area contributed by atoms with Gasteiger partial charge < -0.3 is 9.88 Å². The maximum atomic E-state index is 12.8.